The lowest BCUT2D eigenvalue weighted by Crippen LogP contribution is -2.41. The summed E-state index contributed by atoms with van der Waals surface area (Å²) in [5, 5.41) is 26.6. The van der Waals surface area contributed by atoms with Gasteiger partial charge in [0.15, 0.2) is 0 Å². The maximum absolute atomic E-state index is 10.7. The molecule has 0 aromatic rings. The second kappa shape index (κ2) is 7.16. The molecule has 15 heavy (non-hydrogen) atoms. The molecule has 0 spiro atoms. The molecule has 0 aromatic heterocycles. The Morgan fingerprint density at radius 1 is 1.27 bits per heavy atom. The zero-order chi connectivity index (χ0) is 11.8. The fraction of sp³-hybridized carbons (Fsp3) is 0.750. The summed E-state index contributed by atoms with van der Waals surface area (Å²) in [5.74, 6) is -2.52. The topological polar surface area (TPSA) is 124 Å². The molecule has 7 heteroatoms. The monoisotopic (exact) mass is 220 g/mol. The molecular formula is C8H16N2O5. The number of rotatable bonds is 8. The van der Waals surface area contributed by atoms with E-state index < -0.39 is 24.5 Å². The van der Waals surface area contributed by atoms with Crippen LogP contribution in [0.4, 0.5) is 0 Å². The first-order valence-corrected chi connectivity index (χ1v) is 4.59. The molecule has 0 bridgehead atoms. The summed E-state index contributed by atoms with van der Waals surface area (Å²) in [6.45, 7) is -0.268. The van der Waals surface area contributed by atoms with Crippen LogP contribution in [0.15, 0.2) is 0 Å². The van der Waals surface area contributed by atoms with E-state index in [0.29, 0.717) is 24.4 Å². The van der Waals surface area contributed by atoms with Gasteiger partial charge in [0.1, 0.15) is 12.6 Å². The van der Waals surface area contributed by atoms with Crippen LogP contribution in [0.3, 0.4) is 0 Å². The second-order valence-corrected chi connectivity index (χ2v) is 3.13. The molecule has 1 atom stereocenters. The number of hydroxylamine groups is 2. The van der Waals surface area contributed by atoms with E-state index >= 15 is 0 Å². The standard InChI is InChI=1S/C8H16N2O5/c9-4-2-1-3-6(8(13)14)10(15)5-7(11)12/h6,15H,1-5,9H2,(H,11,12)(H,13,14). The molecule has 1 unspecified atom stereocenters. The van der Waals surface area contributed by atoms with Crippen molar-refractivity contribution in [2.45, 2.75) is 25.3 Å². The highest BCUT2D eigenvalue weighted by Gasteiger charge is 2.25. The molecule has 0 saturated heterocycles. The van der Waals surface area contributed by atoms with Gasteiger partial charge in [-0.2, -0.15) is 5.06 Å². The second-order valence-electron chi connectivity index (χ2n) is 3.13. The first kappa shape index (κ1) is 13.8. The van der Waals surface area contributed by atoms with Crippen LogP contribution in [0.2, 0.25) is 0 Å². The van der Waals surface area contributed by atoms with Crippen LogP contribution in [0.5, 0.6) is 0 Å². The zero-order valence-corrected chi connectivity index (χ0v) is 8.30. The fourth-order valence-electron chi connectivity index (χ4n) is 1.13. The summed E-state index contributed by atoms with van der Waals surface area (Å²) in [6, 6.07) is -1.19. The van der Waals surface area contributed by atoms with E-state index in [2.05, 4.69) is 0 Å². The van der Waals surface area contributed by atoms with E-state index in [0.717, 1.165) is 0 Å². The van der Waals surface area contributed by atoms with Crippen LogP contribution in [0, 0.1) is 0 Å². The van der Waals surface area contributed by atoms with Crippen molar-refractivity contribution in [1.82, 2.24) is 5.06 Å². The highest BCUT2D eigenvalue weighted by Crippen LogP contribution is 2.06. The number of carboxylic acid groups (broad SMARTS) is 2. The van der Waals surface area contributed by atoms with Gasteiger partial charge in [0.25, 0.3) is 0 Å². The normalized spacial score (nSPS) is 12.7. The number of carbonyl (C=O) groups is 2. The summed E-state index contributed by atoms with van der Waals surface area (Å²) >= 11 is 0. The molecule has 0 heterocycles. The number of hydrogen-bond acceptors (Lipinski definition) is 5. The quantitative estimate of drug-likeness (QED) is 0.316. The Kier molecular flexibility index (Phi) is 6.59. The Hall–Kier alpha value is -1.18. The first-order chi connectivity index (χ1) is 6.99. The smallest absolute Gasteiger partial charge is 0.323 e. The van der Waals surface area contributed by atoms with Crippen LogP contribution in [-0.2, 0) is 9.59 Å². The SMILES string of the molecule is NCCCCC(C(=O)O)N(O)CC(=O)O. The van der Waals surface area contributed by atoms with Crippen LogP contribution >= 0.6 is 0 Å². The minimum absolute atomic E-state index is 0.177. The van der Waals surface area contributed by atoms with E-state index in [9.17, 15) is 14.8 Å². The molecule has 0 aliphatic heterocycles. The Balaban J connectivity index is 4.13. The summed E-state index contributed by atoms with van der Waals surface area (Å²) in [4.78, 5) is 20.9. The Morgan fingerprint density at radius 2 is 1.87 bits per heavy atom. The molecule has 0 saturated carbocycles. The van der Waals surface area contributed by atoms with Gasteiger partial charge in [-0.15, -0.1) is 0 Å². The van der Waals surface area contributed by atoms with Gasteiger partial charge in [0, 0.05) is 0 Å². The number of nitrogens with zero attached hydrogens (tertiary/aromatic N) is 1. The van der Waals surface area contributed by atoms with Gasteiger partial charge in [-0.3, -0.25) is 9.59 Å². The van der Waals surface area contributed by atoms with Gasteiger partial charge >= 0.3 is 11.9 Å². The predicted octanol–water partition coefficient (Wildman–Crippen LogP) is -0.656. The van der Waals surface area contributed by atoms with Crippen molar-refractivity contribution < 1.29 is 25.0 Å². The largest absolute Gasteiger partial charge is 0.480 e. The Bertz CT molecular complexity index is 221. The van der Waals surface area contributed by atoms with Crippen molar-refractivity contribution in [1.29, 1.82) is 0 Å². The first-order valence-electron chi connectivity index (χ1n) is 4.59. The van der Waals surface area contributed by atoms with Crippen molar-refractivity contribution in [3.05, 3.63) is 0 Å². The third-order valence-electron chi connectivity index (χ3n) is 1.87. The third kappa shape index (κ3) is 6.00. The highest BCUT2D eigenvalue weighted by atomic mass is 16.5. The lowest BCUT2D eigenvalue weighted by molar-refractivity contribution is -0.178. The van der Waals surface area contributed by atoms with Gasteiger partial charge in [-0.25, -0.2) is 0 Å². The molecule has 0 fully saturated rings. The number of unbranched alkanes of at least 4 members (excludes halogenated alkanes) is 1. The average molecular weight is 220 g/mol. The molecule has 0 amide bonds. The molecule has 0 aliphatic rings. The molecule has 5 N–H and O–H groups in total. The van der Waals surface area contributed by atoms with Gasteiger partial charge in [0.05, 0.1) is 0 Å². The number of carboxylic acids is 2. The molecule has 7 nitrogen and oxygen atoms in total. The van der Waals surface area contributed by atoms with Gasteiger partial charge < -0.3 is 21.2 Å². The number of aliphatic carboxylic acids is 2. The lowest BCUT2D eigenvalue weighted by atomic mass is 10.1. The van der Waals surface area contributed by atoms with Crippen molar-refractivity contribution >= 4 is 11.9 Å². The Morgan fingerprint density at radius 3 is 2.27 bits per heavy atom. The van der Waals surface area contributed by atoms with Crippen LogP contribution in [0.1, 0.15) is 19.3 Å². The van der Waals surface area contributed by atoms with Crippen molar-refractivity contribution in [2.75, 3.05) is 13.1 Å². The van der Waals surface area contributed by atoms with E-state index in [1.165, 1.54) is 0 Å². The van der Waals surface area contributed by atoms with E-state index in [-0.39, 0.29) is 6.42 Å². The van der Waals surface area contributed by atoms with Crippen molar-refractivity contribution in [2.24, 2.45) is 5.73 Å². The van der Waals surface area contributed by atoms with Crippen LogP contribution in [0.25, 0.3) is 0 Å². The average Bonchev–Trinajstić information content (AvgIpc) is 2.10. The molecule has 0 radical (unpaired) electrons. The third-order valence-corrected chi connectivity index (χ3v) is 1.87. The van der Waals surface area contributed by atoms with Crippen LogP contribution in [-0.4, -0.2) is 51.6 Å². The van der Waals surface area contributed by atoms with Gasteiger partial charge in [-0.1, -0.05) is 0 Å². The highest BCUT2D eigenvalue weighted by molar-refractivity contribution is 5.75. The van der Waals surface area contributed by atoms with Gasteiger partial charge in [0.2, 0.25) is 0 Å². The van der Waals surface area contributed by atoms with Crippen molar-refractivity contribution in [3.8, 4) is 0 Å². The summed E-state index contributed by atoms with van der Waals surface area (Å²) in [7, 11) is 0. The maximum atomic E-state index is 10.7. The summed E-state index contributed by atoms with van der Waals surface area (Å²) in [5.41, 5.74) is 5.23. The molecular weight excluding hydrogens is 204 g/mol. The number of hydrogen-bond donors (Lipinski definition) is 4. The molecule has 0 aliphatic carbocycles. The maximum Gasteiger partial charge on any atom is 0.323 e. The minimum Gasteiger partial charge on any atom is -0.480 e. The van der Waals surface area contributed by atoms with Crippen LogP contribution < -0.4 is 5.73 Å². The molecule has 0 rings (SSSR count). The zero-order valence-electron chi connectivity index (χ0n) is 8.30. The van der Waals surface area contributed by atoms with Gasteiger partial charge in [-0.05, 0) is 25.8 Å². The molecule has 0 aromatic carbocycles. The van der Waals surface area contributed by atoms with E-state index in [1.54, 1.807) is 0 Å². The lowest BCUT2D eigenvalue weighted by Gasteiger charge is -2.20. The summed E-state index contributed by atoms with van der Waals surface area (Å²) in [6.07, 6.45) is 1.35. The Labute approximate surface area is 87.1 Å². The fourth-order valence-corrected chi connectivity index (χ4v) is 1.13. The predicted molar refractivity (Wildman–Crippen MR) is 50.5 cm³/mol. The minimum atomic E-state index is -1.28. The summed E-state index contributed by atoms with van der Waals surface area (Å²) < 4.78 is 0. The number of nitrogens with two attached hydrogens (primary N) is 1. The molecule has 88 valence electrons. The van der Waals surface area contributed by atoms with Crippen molar-refractivity contribution in [3.63, 3.8) is 0 Å². The van der Waals surface area contributed by atoms with E-state index in [4.69, 9.17) is 15.9 Å². The van der Waals surface area contributed by atoms with E-state index in [1.807, 2.05) is 0 Å².